The highest BCUT2D eigenvalue weighted by atomic mass is 16.3. The fraction of sp³-hybridized carbons (Fsp3) is 0.571. The van der Waals surface area contributed by atoms with E-state index >= 15 is 0 Å². The number of piperidine rings is 1. The fourth-order valence-electron chi connectivity index (χ4n) is 4.40. The van der Waals surface area contributed by atoms with Crippen LogP contribution in [0.15, 0.2) is 41.3 Å². The van der Waals surface area contributed by atoms with E-state index in [2.05, 4.69) is 20.3 Å². The van der Waals surface area contributed by atoms with Crippen molar-refractivity contribution in [2.24, 2.45) is 0 Å². The first-order valence-corrected chi connectivity index (χ1v) is 10.4. The molecule has 2 aliphatic rings. The van der Waals surface area contributed by atoms with Gasteiger partial charge in [-0.25, -0.2) is 4.68 Å². The largest absolute Gasteiger partial charge is 0.391 e. The van der Waals surface area contributed by atoms with Crippen molar-refractivity contribution in [1.82, 2.24) is 20.1 Å². The van der Waals surface area contributed by atoms with Crippen molar-refractivity contribution in [1.29, 1.82) is 0 Å². The van der Waals surface area contributed by atoms with E-state index in [1.165, 1.54) is 11.1 Å². The Bertz CT molecular complexity index is 825. The molecule has 1 saturated heterocycles. The number of hydrogen-bond acceptors (Lipinski definition) is 6. The van der Waals surface area contributed by atoms with Gasteiger partial charge < -0.3 is 15.3 Å². The summed E-state index contributed by atoms with van der Waals surface area (Å²) < 4.78 is 1.51. The lowest BCUT2D eigenvalue weighted by atomic mass is 10.0. The molecule has 3 heterocycles. The van der Waals surface area contributed by atoms with Gasteiger partial charge in [-0.05, 0) is 56.7 Å². The molecule has 0 radical (unpaired) electrons. The van der Waals surface area contributed by atoms with Crippen LogP contribution in [-0.4, -0.2) is 45.1 Å². The van der Waals surface area contributed by atoms with Gasteiger partial charge in [0, 0.05) is 37.9 Å². The molecule has 1 saturated carbocycles. The van der Waals surface area contributed by atoms with Crippen LogP contribution < -0.4 is 15.8 Å². The summed E-state index contributed by atoms with van der Waals surface area (Å²) in [5.41, 5.74) is 0.906. The second-order valence-electron chi connectivity index (χ2n) is 7.83. The predicted molar refractivity (Wildman–Crippen MR) is 108 cm³/mol. The number of hydrogen-bond donors (Lipinski definition) is 2. The first-order valence-electron chi connectivity index (χ1n) is 10.4. The van der Waals surface area contributed by atoms with E-state index in [1.807, 2.05) is 30.5 Å². The number of rotatable bonds is 6. The third-order valence-electron chi connectivity index (χ3n) is 5.90. The van der Waals surface area contributed by atoms with E-state index in [1.54, 1.807) is 6.07 Å². The second kappa shape index (κ2) is 8.84. The molecule has 3 atom stereocenters. The lowest BCUT2D eigenvalue weighted by Crippen LogP contribution is -2.46. The summed E-state index contributed by atoms with van der Waals surface area (Å²) in [7, 11) is 0. The maximum Gasteiger partial charge on any atom is 0.267 e. The molecular formula is C21H29N5O2. The summed E-state index contributed by atoms with van der Waals surface area (Å²) in [5.74, 6) is 0.836. The molecule has 4 rings (SSSR count). The van der Waals surface area contributed by atoms with Gasteiger partial charge in [-0.3, -0.25) is 9.78 Å². The summed E-state index contributed by atoms with van der Waals surface area (Å²) >= 11 is 0. The summed E-state index contributed by atoms with van der Waals surface area (Å²) in [6.45, 7) is 2.53. The van der Waals surface area contributed by atoms with Crippen LogP contribution in [0.3, 0.4) is 0 Å². The first kappa shape index (κ1) is 19.1. The molecule has 1 aliphatic carbocycles. The average Bonchev–Trinajstić information content (AvgIpc) is 3.15. The molecule has 7 heteroatoms. The van der Waals surface area contributed by atoms with Crippen LogP contribution in [0.2, 0.25) is 0 Å². The molecular weight excluding hydrogens is 354 g/mol. The second-order valence-corrected chi connectivity index (χ2v) is 7.83. The highest BCUT2D eigenvalue weighted by Crippen LogP contribution is 2.29. The molecule has 2 fully saturated rings. The van der Waals surface area contributed by atoms with Crippen molar-refractivity contribution < 1.29 is 5.11 Å². The zero-order chi connectivity index (χ0) is 19.3. The minimum Gasteiger partial charge on any atom is -0.391 e. The van der Waals surface area contributed by atoms with Gasteiger partial charge in [0.15, 0.2) is 0 Å². The van der Waals surface area contributed by atoms with Gasteiger partial charge in [-0.2, -0.15) is 5.10 Å². The highest BCUT2D eigenvalue weighted by Gasteiger charge is 2.30. The number of aliphatic hydroxyl groups excluding tert-OH is 1. The van der Waals surface area contributed by atoms with E-state index in [9.17, 15) is 9.90 Å². The number of aromatic nitrogens is 3. The summed E-state index contributed by atoms with van der Waals surface area (Å²) in [4.78, 5) is 19.0. The maximum atomic E-state index is 12.3. The molecule has 0 spiro atoms. The van der Waals surface area contributed by atoms with Crippen molar-refractivity contribution >= 4 is 5.82 Å². The molecule has 2 aromatic rings. The maximum absolute atomic E-state index is 12.3. The lowest BCUT2D eigenvalue weighted by molar-refractivity contribution is 0.127. The number of nitrogens with zero attached hydrogens (tertiary/aromatic N) is 4. The van der Waals surface area contributed by atoms with Crippen LogP contribution >= 0.6 is 0 Å². The topological polar surface area (TPSA) is 83.3 Å². The van der Waals surface area contributed by atoms with Gasteiger partial charge in [-0.1, -0.05) is 6.07 Å². The van der Waals surface area contributed by atoms with Gasteiger partial charge >= 0.3 is 0 Å². The minimum absolute atomic E-state index is 0.128. The Morgan fingerprint density at radius 2 is 2.04 bits per heavy atom. The Balaban J connectivity index is 1.47. The van der Waals surface area contributed by atoms with Crippen LogP contribution in [0.4, 0.5) is 5.82 Å². The molecule has 0 aromatic carbocycles. The zero-order valence-corrected chi connectivity index (χ0v) is 16.2. The number of aliphatic hydroxyl groups is 1. The van der Waals surface area contributed by atoms with E-state index in [4.69, 9.17) is 0 Å². The van der Waals surface area contributed by atoms with Gasteiger partial charge in [0.05, 0.1) is 17.8 Å². The SMILES string of the molecule is O=c1ccc(N2CCCCC2CNCc2ccccn2)nn1C1CCCC1O. The fourth-order valence-corrected chi connectivity index (χ4v) is 4.40. The zero-order valence-electron chi connectivity index (χ0n) is 16.2. The Kier molecular flexibility index (Phi) is 6.02. The number of anilines is 1. The van der Waals surface area contributed by atoms with Gasteiger partial charge in [0.1, 0.15) is 5.82 Å². The molecule has 2 N–H and O–H groups in total. The van der Waals surface area contributed by atoms with Crippen LogP contribution in [0.25, 0.3) is 0 Å². The molecule has 1 aliphatic heterocycles. The summed E-state index contributed by atoms with van der Waals surface area (Å²) in [5, 5.41) is 18.4. The first-order chi connectivity index (χ1) is 13.7. The van der Waals surface area contributed by atoms with Crippen LogP contribution in [0.1, 0.15) is 50.3 Å². The molecule has 150 valence electrons. The number of pyridine rings is 1. The summed E-state index contributed by atoms with van der Waals surface area (Å²) in [6, 6.07) is 9.52. The Labute approximate surface area is 165 Å². The normalized spacial score (nSPS) is 25.2. The summed E-state index contributed by atoms with van der Waals surface area (Å²) in [6.07, 6.45) is 7.26. The Hall–Kier alpha value is -2.25. The van der Waals surface area contributed by atoms with Crippen molar-refractivity contribution in [2.45, 2.75) is 63.3 Å². The quantitative estimate of drug-likeness (QED) is 0.792. The van der Waals surface area contributed by atoms with Gasteiger partial charge in [0.2, 0.25) is 0 Å². The third-order valence-corrected chi connectivity index (χ3v) is 5.90. The minimum atomic E-state index is -0.474. The van der Waals surface area contributed by atoms with Crippen molar-refractivity contribution in [3.05, 3.63) is 52.6 Å². The lowest BCUT2D eigenvalue weighted by Gasteiger charge is -2.37. The molecule has 28 heavy (non-hydrogen) atoms. The third kappa shape index (κ3) is 4.25. The highest BCUT2D eigenvalue weighted by molar-refractivity contribution is 5.39. The van der Waals surface area contributed by atoms with Gasteiger partial charge in [0.25, 0.3) is 5.56 Å². The Morgan fingerprint density at radius 3 is 2.82 bits per heavy atom. The van der Waals surface area contributed by atoms with Gasteiger partial charge in [-0.15, -0.1) is 0 Å². The van der Waals surface area contributed by atoms with E-state index < -0.39 is 6.10 Å². The standard InChI is InChI=1S/C21H29N5O2/c27-19-9-5-8-18(19)26-21(28)11-10-20(24-26)25-13-4-2-7-17(25)15-22-14-16-6-1-3-12-23-16/h1,3,6,10-12,17-19,22,27H,2,4-5,7-9,13-15H2. The van der Waals surface area contributed by atoms with Crippen molar-refractivity contribution in [3.8, 4) is 0 Å². The molecule has 3 unspecified atom stereocenters. The number of nitrogens with one attached hydrogen (secondary N) is 1. The van der Waals surface area contributed by atoms with Crippen LogP contribution in [0.5, 0.6) is 0 Å². The smallest absolute Gasteiger partial charge is 0.267 e. The van der Waals surface area contributed by atoms with E-state index in [-0.39, 0.29) is 11.6 Å². The van der Waals surface area contributed by atoms with Crippen LogP contribution in [-0.2, 0) is 6.54 Å². The molecule has 0 bridgehead atoms. The molecule has 2 aromatic heterocycles. The van der Waals surface area contributed by atoms with E-state index in [0.29, 0.717) is 6.04 Å². The predicted octanol–water partition coefficient (Wildman–Crippen LogP) is 1.87. The monoisotopic (exact) mass is 383 g/mol. The average molecular weight is 383 g/mol. The molecule has 7 nitrogen and oxygen atoms in total. The van der Waals surface area contributed by atoms with Crippen molar-refractivity contribution in [2.75, 3.05) is 18.0 Å². The van der Waals surface area contributed by atoms with Crippen molar-refractivity contribution in [3.63, 3.8) is 0 Å². The van der Waals surface area contributed by atoms with Crippen LogP contribution in [0, 0.1) is 0 Å². The van der Waals surface area contributed by atoms with E-state index in [0.717, 1.165) is 63.3 Å². The molecule has 0 amide bonds. The Morgan fingerprint density at radius 1 is 1.11 bits per heavy atom.